The Hall–Kier alpha value is -2.06. The molecule has 2 unspecified atom stereocenters. The van der Waals surface area contributed by atoms with Gasteiger partial charge in [0.1, 0.15) is 0 Å². The van der Waals surface area contributed by atoms with Crippen LogP contribution in [0.15, 0.2) is 58.3 Å². The van der Waals surface area contributed by atoms with E-state index in [-0.39, 0.29) is 9.85 Å². The number of nitrogens with zero attached hydrogens (tertiary/aromatic N) is 2. The lowest BCUT2D eigenvalue weighted by atomic mass is 10.1. The maximum Gasteiger partial charge on any atom is 0.236 e. The van der Waals surface area contributed by atoms with E-state index in [9.17, 15) is 20.2 Å². The maximum atomic E-state index is 11.1. The third kappa shape index (κ3) is 4.27. The predicted molar refractivity (Wildman–Crippen MR) is 95.4 cm³/mol. The van der Waals surface area contributed by atoms with E-state index >= 15 is 0 Å². The molecule has 0 spiro atoms. The van der Waals surface area contributed by atoms with Crippen molar-refractivity contribution in [1.29, 1.82) is 0 Å². The third-order valence-electron chi connectivity index (χ3n) is 3.59. The van der Waals surface area contributed by atoms with Gasteiger partial charge < -0.3 is 0 Å². The van der Waals surface area contributed by atoms with Crippen molar-refractivity contribution in [2.24, 2.45) is 0 Å². The van der Waals surface area contributed by atoms with Gasteiger partial charge in [-0.25, -0.2) is 0 Å². The Kier molecular flexibility index (Phi) is 6.22. The molecular weight excluding hydrogens is 348 g/mol. The zero-order valence-electron chi connectivity index (χ0n) is 13.1. The zero-order valence-corrected chi connectivity index (χ0v) is 14.8. The average Bonchev–Trinajstić information content (AvgIpc) is 2.59. The molecule has 0 aliphatic heterocycles. The summed E-state index contributed by atoms with van der Waals surface area (Å²) in [6.07, 6.45) is 0. The van der Waals surface area contributed by atoms with Crippen LogP contribution in [0.25, 0.3) is 0 Å². The molecule has 0 heterocycles. The van der Waals surface area contributed by atoms with Gasteiger partial charge in [-0.15, -0.1) is 0 Å². The normalized spacial score (nSPS) is 13.2. The molecule has 0 bridgehead atoms. The molecule has 24 heavy (non-hydrogen) atoms. The molecule has 2 aromatic carbocycles. The quantitative estimate of drug-likeness (QED) is 0.383. The Labute approximate surface area is 147 Å². The summed E-state index contributed by atoms with van der Waals surface area (Å²) in [5.41, 5.74) is 1.28. The van der Waals surface area contributed by atoms with Crippen molar-refractivity contribution >= 4 is 21.6 Å². The van der Waals surface area contributed by atoms with Crippen LogP contribution in [0, 0.1) is 20.2 Å². The molecule has 0 saturated heterocycles. The Balaban J connectivity index is 2.24. The monoisotopic (exact) mass is 364 g/mol. The highest BCUT2D eigenvalue weighted by molar-refractivity contribution is 8.76. The van der Waals surface area contributed by atoms with Gasteiger partial charge in [0.05, 0.1) is 0 Å². The van der Waals surface area contributed by atoms with Crippen molar-refractivity contribution in [2.75, 3.05) is 0 Å². The number of rotatable bonds is 7. The van der Waals surface area contributed by atoms with Gasteiger partial charge in [0.25, 0.3) is 0 Å². The summed E-state index contributed by atoms with van der Waals surface area (Å²) in [4.78, 5) is 23.0. The summed E-state index contributed by atoms with van der Waals surface area (Å²) >= 11 is 0. The van der Waals surface area contributed by atoms with Crippen molar-refractivity contribution < 1.29 is 9.85 Å². The van der Waals surface area contributed by atoms with Gasteiger partial charge in [-0.2, -0.15) is 0 Å². The molecule has 2 aromatic rings. The van der Waals surface area contributed by atoms with Gasteiger partial charge >= 0.3 is 0 Å². The first-order valence-corrected chi connectivity index (χ1v) is 9.36. The van der Waals surface area contributed by atoms with Crippen molar-refractivity contribution in [3.8, 4) is 0 Å². The second-order valence-electron chi connectivity index (χ2n) is 5.16. The van der Waals surface area contributed by atoms with E-state index in [1.165, 1.54) is 21.6 Å². The van der Waals surface area contributed by atoms with E-state index in [0.717, 1.165) is 9.79 Å². The van der Waals surface area contributed by atoms with Gasteiger partial charge in [0.15, 0.2) is 0 Å². The Morgan fingerprint density at radius 1 is 0.750 bits per heavy atom. The van der Waals surface area contributed by atoms with E-state index in [4.69, 9.17) is 0 Å². The summed E-state index contributed by atoms with van der Waals surface area (Å²) in [5, 5.41) is 22.1. The summed E-state index contributed by atoms with van der Waals surface area (Å²) in [7, 11) is 2.76. The lowest BCUT2D eigenvalue weighted by molar-refractivity contribution is -0.524. The highest BCUT2D eigenvalue weighted by Gasteiger charge is 2.22. The molecule has 0 N–H and O–H groups in total. The number of hydrogen-bond acceptors (Lipinski definition) is 6. The summed E-state index contributed by atoms with van der Waals surface area (Å²) in [6.45, 7) is 3.10. The molecule has 6 nitrogen and oxygen atoms in total. The fraction of sp³-hybridized carbons (Fsp3) is 0.250. The molecule has 0 aliphatic carbocycles. The molecule has 2 rings (SSSR count). The molecule has 0 aromatic heterocycles. The van der Waals surface area contributed by atoms with Gasteiger partial charge in [-0.1, -0.05) is 58.0 Å². The SMILES string of the molecule is CC(c1ccccc1SSc1ccccc1C(C)[N+](=O)[O-])[N+](=O)[O-]. The van der Waals surface area contributed by atoms with Crippen LogP contribution in [0.3, 0.4) is 0 Å². The minimum Gasteiger partial charge on any atom is -0.264 e. The van der Waals surface area contributed by atoms with E-state index in [1.807, 2.05) is 24.3 Å². The summed E-state index contributed by atoms with van der Waals surface area (Å²) in [6, 6.07) is 12.7. The minimum absolute atomic E-state index is 0.327. The van der Waals surface area contributed by atoms with Crippen molar-refractivity contribution in [1.82, 2.24) is 0 Å². The predicted octanol–water partition coefficient (Wildman–Crippen LogP) is 5.16. The van der Waals surface area contributed by atoms with Crippen LogP contribution in [-0.2, 0) is 0 Å². The third-order valence-corrected chi connectivity index (χ3v) is 6.11. The molecular formula is C16H16N2O4S2. The molecule has 8 heteroatoms. The van der Waals surface area contributed by atoms with Crippen LogP contribution >= 0.6 is 21.6 Å². The van der Waals surface area contributed by atoms with Crippen LogP contribution in [0.2, 0.25) is 0 Å². The smallest absolute Gasteiger partial charge is 0.236 e. The van der Waals surface area contributed by atoms with Crippen LogP contribution in [0.5, 0.6) is 0 Å². The highest BCUT2D eigenvalue weighted by Crippen LogP contribution is 2.43. The van der Waals surface area contributed by atoms with Crippen LogP contribution in [0.1, 0.15) is 37.1 Å². The fourth-order valence-electron chi connectivity index (χ4n) is 2.12. The molecule has 126 valence electrons. The van der Waals surface area contributed by atoms with Crippen LogP contribution < -0.4 is 0 Å². The van der Waals surface area contributed by atoms with E-state index in [0.29, 0.717) is 11.1 Å². The van der Waals surface area contributed by atoms with Gasteiger partial charge in [0.2, 0.25) is 12.1 Å². The summed E-state index contributed by atoms with van der Waals surface area (Å²) in [5.74, 6) is 0. The highest BCUT2D eigenvalue weighted by atomic mass is 33.1. The first-order valence-electron chi connectivity index (χ1n) is 7.21. The molecule has 0 amide bonds. The molecule has 0 radical (unpaired) electrons. The Bertz CT molecular complexity index is 691. The topological polar surface area (TPSA) is 86.3 Å². The number of benzene rings is 2. The second kappa shape index (κ2) is 8.16. The summed E-state index contributed by atoms with van der Waals surface area (Å²) < 4.78 is 0. The number of hydrogen-bond donors (Lipinski definition) is 0. The first kappa shape index (κ1) is 18.3. The van der Waals surface area contributed by atoms with Crippen LogP contribution in [-0.4, -0.2) is 9.85 Å². The first-order chi connectivity index (χ1) is 11.4. The van der Waals surface area contributed by atoms with Gasteiger partial charge in [0, 0.05) is 44.6 Å². The average molecular weight is 364 g/mol. The van der Waals surface area contributed by atoms with Crippen molar-refractivity contribution in [2.45, 2.75) is 35.7 Å². The molecule has 2 atom stereocenters. The number of nitro groups is 2. The van der Waals surface area contributed by atoms with E-state index in [1.54, 1.807) is 38.1 Å². The van der Waals surface area contributed by atoms with E-state index < -0.39 is 12.1 Å². The van der Waals surface area contributed by atoms with Gasteiger partial charge in [-0.05, 0) is 12.1 Å². The lowest BCUT2D eigenvalue weighted by Crippen LogP contribution is -2.07. The Morgan fingerprint density at radius 3 is 1.42 bits per heavy atom. The molecule has 0 saturated carbocycles. The standard InChI is InChI=1S/C16H16N2O4S2/c1-11(17(19)20)13-7-3-5-9-15(13)23-24-16-10-6-4-8-14(16)12(2)18(21)22/h3-12H,1-2H3. The molecule has 0 aliphatic rings. The Morgan fingerprint density at radius 2 is 1.08 bits per heavy atom. The van der Waals surface area contributed by atoms with Crippen molar-refractivity contribution in [3.05, 3.63) is 79.9 Å². The van der Waals surface area contributed by atoms with Crippen LogP contribution in [0.4, 0.5) is 0 Å². The van der Waals surface area contributed by atoms with E-state index in [2.05, 4.69) is 0 Å². The zero-order chi connectivity index (χ0) is 17.7. The molecule has 0 fully saturated rings. The fourth-order valence-corrected chi connectivity index (χ4v) is 4.69. The maximum absolute atomic E-state index is 11.1. The largest absolute Gasteiger partial charge is 0.264 e. The second-order valence-corrected chi connectivity index (χ2v) is 7.38. The minimum atomic E-state index is -0.803. The lowest BCUT2D eigenvalue weighted by Gasteiger charge is -2.12. The van der Waals surface area contributed by atoms with Crippen molar-refractivity contribution in [3.63, 3.8) is 0 Å². The van der Waals surface area contributed by atoms with Gasteiger partial charge in [-0.3, -0.25) is 20.2 Å².